The zero-order chi connectivity index (χ0) is 18.6. The Morgan fingerprint density at radius 3 is 2.72 bits per heavy atom. The second kappa shape index (κ2) is 7.47. The predicted molar refractivity (Wildman–Crippen MR) is 84.5 cm³/mol. The summed E-state index contributed by atoms with van der Waals surface area (Å²) in [6.45, 7) is 1.80. The molecule has 0 aliphatic rings. The number of ether oxygens (including phenoxy) is 1. The highest BCUT2D eigenvalue weighted by molar-refractivity contribution is 7.11. The summed E-state index contributed by atoms with van der Waals surface area (Å²) in [4.78, 5) is 27.9. The normalized spacial score (nSPS) is 11.7. The molecule has 9 heteroatoms. The van der Waals surface area contributed by atoms with Gasteiger partial charge in [-0.1, -0.05) is 6.07 Å². The van der Waals surface area contributed by atoms with Crippen LogP contribution < -0.4 is 0 Å². The SMILES string of the molecule is CCOC(=O)c1scnc1C=CC(=O)c1cccc(C(F)(F)F)c1O. The van der Waals surface area contributed by atoms with E-state index in [-0.39, 0.29) is 17.2 Å². The summed E-state index contributed by atoms with van der Waals surface area (Å²) in [6.07, 6.45) is -2.66. The van der Waals surface area contributed by atoms with E-state index in [1.54, 1.807) is 6.92 Å². The molecule has 0 bridgehead atoms. The minimum atomic E-state index is -4.78. The molecular weight excluding hydrogens is 359 g/mol. The van der Waals surface area contributed by atoms with Gasteiger partial charge in [0.05, 0.1) is 28.9 Å². The standard InChI is InChI=1S/C16H12F3NO4S/c1-2-24-15(23)14-11(20-8-25-14)6-7-12(21)9-4-3-5-10(13(9)22)16(17,18)19/h3-8,22H,2H2,1H3. The lowest BCUT2D eigenvalue weighted by Crippen LogP contribution is -2.08. The van der Waals surface area contributed by atoms with Crippen molar-refractivity contribution in [3.05, 3.63) is 51.5 Å². The number of hydrogen-bond acceptors (Lipinski definition) is 6. The summed E-state index contributed by atoms with van der Waals surface area (Å²) in [5.41, 5.74) is -0.270. The van der Waals surface area contributed by atoms with Crippen LogP contribution in [0.3, 0.4) is 0 Å². The summed E-state index contributed by atoms with van der Waals surface area (Å²) in [7, 11) is 0. The maximum atomic E-state index is 12.8. The van der Waals surface area contributed by atoms with Crippen molar-refractivity contribution in [1.82, 2.24) is 4.98 Å². The molecule has 0 aliphatic heterocycles. The molecule has 0 spiro atoms. The molecule has 1 aromatic carbocycles. The lowest BCUT2D eigenvalue weighted by molar-refractivity contribution is -0.138. The van der Waals surface area contributed by atoms with E-state index in [9.17, 15) is 27.9 Å². The highest BCUT2D eigenvalue weighted by atomic mass is 32.1. The number of rotatable bonds is 5. The van der Waals surface area contributed by atoms with Crippen LogP contribution in [0.5, 0.6) is 5.75 Å². The molecule has 0 unspecified atom stereocenters. The van der Waals surface area contributed by atoms with Crippen LogP contribution in [0.4, 0.5) is 13.2 Å². The Labute approximate surface area is 144 Å². The van der Waals surface area contributed by atoms with Crippen LogP contribution in [-0.4, -0.2) is 28.4 Å². The summed E-state index contributed by atoms with van der Waals surface area (Å²) in [6, 6.07) is 2.77. The van der Waals surface area contributed by atoms with Crippen molar-refractivity contribution < 1.29 is 32.6 Å². The zero-order valence-corrected chi connectivity index (χ0v) is 13.6. The number of phenols is 1. The van der Waals surface area contributed by atoms with Gasteiger partial charge >= 0.3 is 12.1 Å². The monoisotopic (exact) mass is 371 g/mol. The van der Waals surface area contributed by atoms with E-state index < -0.39 is 34.8 Å². The third-order valence-electron chi connectivity index (χ3n) is 3.06. The molecular formula is C16H12F3NO4S. The molecule has 5 nitrogen and oxygen atoms in total. The second-order valence-electron chi connectivity index (χ2n) is 4.68. The third kappa shape index (κ3) is 4.24. The fourth-order valence-electron chi connectivity index (χ4n) is 1.94. The summed E-state index contributed by atoms with van der Waals surface area (Å²) in [5, 5.41) is 9.70. The van der Waals surface area contributed by atoms with Crippen molar-refractivity contribution >= 4 is 29.2 Å². The van der Waals surface area contributed by atoms with Crippen molar-refractivity contribution in [1.29, 1.82) is 0 Å². The van der Waals surface area contributed by atoms with Crippen molar-refractivity contribution in [2.24, 2.45) is 0 Å². The molecule has 0 aliphatic carbocycles. The van der Waals surface area contributed by atoms with E-state index >= 15 is 0 Å². The number of thiazole rings is 1. The van der Waals surface area contributed by atoms with E-state index in [4.69, 9.17) is 4.74 Å². The van der Waals surface area contributed by atoms with Crippen molar-refractivity contribution in [2.45, 2.75) is 13.1 Å². The number of carbonyl (C=O) groups is 2. The van der Waals surface area contributed by atoms with Crippen LogP contribution in [0.2, 0.25) is 0 Å². The molecule has 1 aromatic heterocycles. The zero-order valence-electron chi connectivity index (χ0n) is 12.8. The average Bonchev–Trinajstić information content (AvgIpc) is 3.00. The first-order valence-electron chi connectivity index (χ1n) is 6.98. The van der Waals surface area contributed by atoms with Crippen molar-refractivity contribution in [2.75, 3.05) is 6.61 Å². The number of ketones is 1. The number of aromatic nitrogens is 1. The lowest BCUT2D eigenvalue weighted by Gasteiger charge is -2.10. The van der Waals surface area contributed by atoms with Gasteiger partial charge < -0.3 is 9.84 Å². The second-order valence-corrected chi connectivity index (χ2v) is 5.54. The van der Waals surface area contributed by atoms with Crippen molar-refractivity contribution in [3.63, 3.8) is 0 Å². The number of carbonyl (C=O) groups excluding carboxylic acids is 2. The van der Waals surface area contributed by atoms with Gasteiger partial charge in [0.2, 0.25) is 0 Å². The number of allylic oxidation sites excluding steroid dienone is 1. The number of halogens is 3. The Hall–Kier alpha value is -2.68. The minimum absolute atomic E-state index is 0.156. The Kier molecular flexibility index (Phi) is 5.58. The fourth-order valence-corrected chi connectivity index (χ4v) is 2.61. The summed E-state index contributed by atoms with van der Waals surface area (Å²) in [5.74, 6) is -2.61. The van der Waals surface area contributed by atoms with Gasteiger partial charge in [0.15, 0.2) is 5.78 Å². The van der Waals surface area contributed by atoms with Gasteiger partial charge in [-0.2, -0.15) is 13.2 Å². The van der Waals surface area contributed by atoms with E-state index in [1.165, 1.54) is 11.6 Å². The number of nitrogens with zero attached hydrogens (tertiary/aromatic N) is 1. The number of phenolic OH excluding ortho intramolecular Hbond substituents is 1. The topological polar surface area (TPSA) is 76.5 Å². The van der Waals surface area contributed by atoms with E-state index in [1.807, 2.05) is 0 Å². The van der Waals surface area contributed by atoms with E-state index in [2.05, 4.69) is 4.98 Å². The Morgan fingerprint density at radius 2 is 2.08 bits per heavy atom. The molecule has 2 rings (SSSR count). The van der Waals surface area contributed by atoms with Gasteiger partial charge in [0.25, 0.3) is 0 Å². The number of alkyl halides is 3. The quantitative estimate of drug-likeness (QED) is 0.489. The van der Waals surface area contributed by atoms with Crippen LogP contribution in [0.25, 0.3) is 6.08 Å². The average molecular weight is 371 g/mol. The molecule has 1 N–H and O–H groups in total. The van der Waals surface area contributed by atoms with Gasteiger partial charge in [-0.3, -0.25) is 4.79 Å². The summed E-state index contributed by atoms with van der Waals surface area (Å²) < 4.78 is 43.1. The smallest absolute Gasteiger partial charge is 0.419 e. The fraction of sp³-hybridized carbons (Fsp3) is 0.188. The highest BCUT2D eigenvalue weighted by Gasteiger charge is 2.35. The maximum absolute atomic E-state index is 12.8. The number of hydrogen-bond donors (Lipinski definition) is 1. The molecule has 0 atom stereocenters. The number of benzene rings is 1. The van der Waals surface area contributed by atoms with E-state index in [0.29, 0.717) is 6.07 Å². The highest BCUT2D eigenvalue weighted by Crippen LogP contribution is 2.37. The summed E-state index contributed by atoms with van der Waals surface area (Å²) >= 11 is 1.01. The molecule has 2 aromatic rings. The number of para-hydroxylation sites is 1. The predicted octanol–water partition coefficient (Wildman–Crippen LogP) is 3.94. The first kappa shape index (κ1) is 18.7. The van der Waals surface area contributed by atoms with Crippen LogP contribution >= 0.6 is 11.3 Å². The Morgan fingerprint density at radius 1 is 1.36 bits per heavy atom. The molecule has 1 heterocycles. The molecule has 132 valence electrons. The molecule has 0 fully saturated rings. The Balaban J connectivity index is 2.28. The van der Waals surface area contributed by atoms with Gasteiger partial charge in [-0.25, -0.2) is 9.78 Å². The van der Waals surface area contributed by atoms with Crippen molar-refractivity contribution in [3.8, 4) is 5.75 Å². The largest absolute Gasteiger partial charge is 0.507 e. The van der Waals surface area contributed by atoms with Gasteiger partial charge in [-0.15, -0.1) is 11.3 Å². The maximum Gasteiger partial charge on any atom is 0.419 e. The molecule has 0 radical (unpaired) electrons. The van der Waals surface area contributed by atoms with Crippen LogP contribution in [0.15, 0.2) is 29.8 Å². The minimum Gasteiger partial charge on any atom is -0.507 e. The number of esters is 1. The first-order chi connectivity index (χ1) is 11.8. The molecule has 0 amide bonds. The third-order valence-corrected chi connectivity index (χ3v) is 3.88. The van der Waals surface area contributed by atoms with Gasteiger partial charge in [0.1, 0.15) is 10.6 Å². The molecule has 0 saturated heterocycles. The van der Waals surface area contributed by atoms with Gasteiger partial charge in [-0.05, 0) is 31.2 Å². The van der Waals surface area contributed by atoms with Crippen LogP contribution in [0.1, 0.15) is 38.2 Å². The Bertz CT molecular complexity index is 827. The number of aromatic hydroxyl groups is 1. The first-order valence-corrected chi connectivity index (χ1v) is 7.85. The van der Waals surface area contributed by atoms with E-state index in [0.717, 1.165) is 29.5 Å². The van der Waals surface area contributed by atoms with Crippen LogP contribution in [-0.2, 0) is 10.9 Å². The molecule has 25 heavy (non-hydrogen) atoms. The van der Waals surface area contributed by atoms with Gasteiger partial charge in [0, 0.05) is 0 Å². The lowest BCUT2D eigenvalue weighted by atomic mass is 10.0. The molecule has 0 saturated carbocycles. The van der Waals surface area contributed by atoms with Crippen LogP contribution in [0, 0.1) is 0 Å².